The lowest BCUT2D eigenvalue weighted by molar-refractivity contribution is -0.166. The molecule has 0 aliphatic rings. The molecule has 0 rings (SSSR count). The van der Waals surface area contributed by atoms with Crippen LogP contribution in [0, 0.1) is 0 Å². The fourth-order valence-corrected chi connectivity index (χ4v) is 6.05. The summed E-state index contributed by atoms with van der Waals surface area (Å²) < 4.78 is 31.2. The van der Waals surface area contributed by atoms with Crippen molar-refractivity contribution in [1.29, 1.82) is 0 Å². The van der Waals surface area contributed by atoms with E-state index < -0.39 is 55.1 Å². The van der Waals surface area contributed by atoms with Gasteiger partial charge in [0.25, 0.3) is 6.47 Å². The highest BCUT2D eigenvalue weighted by atomic mass is 16.6. The van der Waals surface area contributed by atoms with Gasteiger partial charge in [-0.15, -0.1) is 0 Å². The minimum atomic E-state index is -1.02. The molecule has 0 aliphatic heterocycles. The summed E-state index contributed by atoms with van der Waals surface area (Å²) in [6.07, 6.45) is 27.0. The van der Waals surface area contributed by atoms with Crippen molar-refractivity contribution in [2.24, 2.45) is 0 Å². The van der Waals surface area contributed by atoms with Crippen LogP contribution in [0.5, 0.6) is 0 Å². The largest absolute Gasteiger partial charge is 0.464 e. The van der Waals surface area contributed by atoms with Gasteiger partial charge in [-0.25, -0.2) is 0 Å². The predicted octanol–water partition coefficient (Wildman–Crippen LogP) is 10.2. The molecule has 1 unspecified atom stereocenters. The standard InChI is InChI=1S/C38H67NO12.C9H20/c1-4-7-10-13-16-19-22-34(41)47-28-32(27-46-31-40)50-37(44)25-39-26-38(45)51-33(29-48-35(42)23-20-17-14-11-8-5-2)30-49-36(43)24-21-18-15-12-9-6-3;1-3-5-7-9-8-6-4-2/h31-33,39H,4-30H2,1-3H3;3-9H2,1-2H3. The molecule has 0 amide bonds. The maximum atomic E-state index is 12.6. The number of hydrogen-bond donors (Lipinski definition) is 1. The lowest BCUT2D eigenvalue weighted by Crippen LogP contribution is -2.38. The molecule has 0 radical (unpaired) electrons. The number of hydrogen-bond acceptors (Lipinski definition) is 13. The summed E-state index contributed by atoms with van der Waals surface area (Å²) in [5.74, 6) is -2.83. The molecule has 0 aromatic carbocycles. The van der Waals surface area contributed by atoms with Gasteiger partial charge in [0, 0.05) is 19.3 Å². The molecule has 352 valence electrons. The van der Waals surface area contributed by atoms with Crippen LogP contribution in [0.2, 0.25) is 0 Å². The Labute approximate surface area is 364 Å². The number of carbonyl (C=O) groups is 6. The van der Waals surface area contributed by atoms with Crippen molar-refractivity contribution in [3.63, 3.8) is 0 Å². The molecule has 0 saturated carbocycles. The monoisotopic (exact) mass is 858 g/mol. The van der Waals surface area contributed by atoms with Gasteiger partial charge < -0.3 is 28.4 Å². The van der Waals surface area contributed by atoms with Crippen LogP contribution in [-0.2, 0) is 57.2 Å². The molecule has 0 aromatic rings. The van der Waals surface area contributed by atoms with Crippen molar-refractivity contribution in [2.75, 3.05) is 39.5 Å². The molecule has 0 heterocycles. The van der Waals surface area contributed by atoms with Crippen molar-refractivity contribution in [3.05, 3.63) is 0 Å². The minimum Gasteiger partial charge on any atom is -0.464 e. The third-order valence-corrected chi connectivity index (χ3v) is 9.69. The lowest BCUT2D eigenvalue weighted by Gasteiger charge is -2.19. The van der Waals surface area contributed by atoms with E-state index in [-0.39, 0.29) is 52.2 Å². The van der Waals surface area contributed by atoms with Crippen molar-refractivity contribution >= 4 is 36.3 Å². The van der Waals surface area contributed by atoms with Crippen LogP contribution < -0.4 is 5.32 Å². The van der Waals surface area contributed by atoms with Gasteiger partial charge in [-0.2, -0.15) is 0 Å². The molecule has 13 heteroatoms. The Balaban J connectivity index is 0. The van der Waals surface area contributed by atoms with Gasteiger partial charge in [-0.05, 0) is 19.3 Å². The highest BCUT2D eigenvalue weighted by Crippen LogP contribution is 2.11. The van der Waals surface area contributed by atoms with E-state index in [4.69, 9.17) is 28.4 Å². The topological polar surface area (TPSA) is 170 Å². The smallest absolute Gasteiger partial charge is 0.320 e. The summed E-state index contributed by atoms with van der Waals surface area (Å²) >= 11 is 0. The third-order valence-electron chi connectivity index (χ3n) is 9.69. The summed E-state index contributed by atoms with van der Waals surface area (Å²) in [6, 6.07) is 0. The zero-order chi connectivity index (χ0) is 44.7. The molecule has 0 aromatic heterocycles. The van der Waals surface area contributed by atoms with E-state index in [0.717, 1.165) is 83.5 Å². The Morgan fingerprint density at radius 1 is 0.383 bits per heavy atom. The van der Waals surface area contributed by atoms with Crippen molar-refractivity contribution < 1.29 is 57.2 Å². The second-order valence-electron chi connectivity index (χ2n) is 15.6. The number of esters is 5. The number of rotatable bonds is 42. The van der Waals surface area contributed by atoms with Crippen molar-refractivity contribution in [1.82, 2.24) is 5.32 Å². The maximum Gasteiger partial charge on any atom is 0.320 e. The zero-order valence-corrected chi connectivity index (χ0v) is 38.7. The Kier molecular flexibility index (Phi) is 46.0. The Morgan fingerprint density at radius 3 is 0.933 bits per heavy atom. The van der Waals surface area contributed by atoms with Crippen molar-refractivity contribution in [2.45, 2.75) is 227 Å². The maximum absolute atomic E-state index is 12.6. The van der Waals surface area contributed by atoms with Crippen LogP contribution >= 0.6 is 0 Å². The molecule has 60 heavy (non-hydrogen) atoms. The summed E-state index contributed by atoms with van der Waals surface area (Å²) in [5.41, 5.74) is 0. The summed E-state index contributed by atoms with van der Waals surface area (Å²) in [5, 5.41) is 2.61. The third kappa shape index (κ3) is 44.3. The molecule has 0 fully saturated rings. The molecule has 1 atom stereocenters. The molecular weight excluding hydrogens is 771 g/mol. The van der Waals surface area contributed by atoms with Gasteiger partial charge in [0.2, 0.25) is 0 Å². The average Bonchev–Trinajstić information content (AvgIpc) is 3.23. The highest BCUT2D eigenvalue weighted by molar-refractivity contribution is 5.75. The van der Waals surface area contributed by atoms with Gasteiger partial charge in [0.15, 0.2) is 12.2 Å². The van der Waals surface area contributed by atoms with Gasteiger partial charge in [0.1, 0.15) is 26.4 Å². The van der Waals surface area contributed by atoms with Crippen LogP contribution in [0.3, 0.4) is 0 Å². The first-order valence-corrected chi connectivity index (χ1v) is 23.8. The first-order chi connectivity index (χ1) is 29.2. The Morgan fingerprint density at radius 2 is 0.650 bits per heavy atom. The fourth-order valence-electron chi connectivity index (χ4n) is 6.05. The van der Waals surface area contributed by atoms with Gasteiger partial charge in [-0.1, -0.05) is 176 Å². The zero-order valence-electron chi connectivity index (χ0n) is 38.7. The van der Waals surface area contributed by atoms with Crippen LogP contribution in [-0.4, -0.2) is 88.0 Å². The summed E-state index contributed by atoms with van der Waals surface area (Å²) in [4.78, 5) is 72.3. The minimum absolute atomic E-state index is 0.196. The molecular formula is C47H87NO12. The van der Waals surface area contributed by atoms with E-state index in [0.29, 0.717) is 19.3 Å². The van der Waals surface area contributed by atoms with Crippen LogP contribution in [0.1, 0.15) is 214 Å². The number of ether oxygens (including phenoxy) is 6. The molecule has 0 bridgehead atoms. The van der Waals surface area contributed by atoms with Crippen molar-refractivity contribution in [3.8, 4) is 0 Å². The predicted molar refractivity (Wildman–Crippen MR) is 235 cm³/mol. The Hall–Kier alpha value is -3.22. The fraction of sp³-hybridized carbons (Fsp3) is 0.872. The van der Waals surface area contributed by atoms with E-state index in [1.165, 1.54) is 57.8 Å². The van der Waals surface area contributed by atoms with Crippen LogP contribution in [0.25, 0.3) is 0 Å². The summed E-state index contributed by atoms with van der Waals surface area (Å²) in [7, 11) is 0. The Bertz CT molecular complexity index is 1000. The first-order valence-electron chi connectivity index (χ1n) is 23.8. The van der Waals surface area contributed by atoms with E-state index >= 15 is 0 Å². The second-order valence-corrected chi connectivity index (χ2v) is 15.6. The molecule has 0 spiro atoms. The molecule has 0 saturated heterocycles. The highest BCUT2D eigenvalue weighted by Gasteiger charge is 2.21. The van der Waals surface area contributed by atoms with Crippen LogP contribution in [0.15, 0.2) is 0 Å². The number of carbonyl (C=O) groups excluding carboxylic acids is 6. The van der Waals surface area contributed by atoms with Crippen LogP contribution in [0.4, 0.5) is 0 Å². The molecule has 1 N–H and O–H groups in total. The van der Waals surface area contributed by atoms with Gasteiger partial charge >= 0.3 is 29.8 Å². The second kappa shape index (κ2) is 46.8. The first kappa shape index (κ1) is 58.9. The van der Waals surface area contributed by atoms with E-state index in [1.807, 2.05) is 0 Å². The van der Waals surface area contributed by atoms with E-state index in [1.54, 1.807) is 0 Å². The molecule has 13 nitrogen and oxygen atoms in total. The lowest BCUT2D eigenvalue weighted by atomic mass is 10.1. The van der Waals surface area contributed by atoms with E-state index in [2.05, 4.69) is 39.9 Å². The van der Waals surface area contributed by atoms with Gasteiger partial charge in [-0.3, -0.25) is 34.1 Å². The SMILES string of the molecule is CCCCCCCCC.CCCCCCCCC(=O)OCC(COC=O)OC(=O)CNCC(=O)OC(COC(=O)CCCCCCCC)COC(=O)CCCCCCCC. The molecule has 0 aliphatic carbocycles. The average molecular weight is 858 g/mol. The normalized spacial score (nSPS) is 11.2. The van der Waals surface area contributed by atoms with E-state index in [9.17, 15) is 28.8 Å². The summed E-state index contributed by atoms with van der Waals surface area (Å²) in [6.45, 7) is 9.20. The quantitative estimate of drug-likeness (QED) is 0.0267. The van der Waals surface area contributed by atoms with Gasteiger partial charge in [0.05, 0.1) is 13.1 Å². The number of unbranched alkanes of at least 4 members (excludes halogenated alkanes) is 21. The number of nitrogens with one attached hydrogen (secondary N) is 1.